The maximum atomic E-state index is 13.0. The SMILES string of the molecule is CC(F)(F)c1ccc(NCC2CCCN2)cc1. The molecule has 1 saturated heterocycles. The Morgan fingerprint density at radius 1 is 1.35 bits per heavy atom. The van der Waals surface area contributed by atoms with Gasteiger partial charge in [0.05, 0.1) is 0 Å². The van der Waals surface area contributed by atoms with Crippen molar-refractivity contribution in [1.82, 2.24) is 5.32 Å². The van der Waals surface area contributed by atoms with Gasteiger partial charge in [0.15, 0.2) is 0 Å². The third-order valence-electron chi connectivity index (χ3n) is 3.11. The number of halogens is 2. The number of hydrogen-bond acceptors (Lipinski definition) is 2. The summed E-state index contributed by atoms with van der Waals surface area (Å²) >= 11 is 0. The zero-order chi connectivity index (χ0) is 12.3. The van der Waals surface area contributed by atoms with Gasteiger partial charge in [0.1, 0.15) is 0 Å². The van der Waals surface area contributed by atoms with E-state index in [1.807, 2.05) is 0 Å². The normalized spacial score (nSPS) is 20.5. The lowest BCUT2D eigenvalue weighted by Gasteiger charge is -2.14. The Bertz CT molecular complexity index is 351. The monoisotopic (exact) mass is 240 g/mol. The fourth-order valence-electron chi connectivity index (χ4n) is 2.05. The summed E-state index contributed by atoms with van der Waals surface area (Å²) in [6.45, 7) is 2.84. The van der Waals surface area contributed by atoms with Crippen LogP contribution in [0.2, 0.25) is 0 Å². The summed E-state index contributed by atoms with van der Waals surface area (Å²) in [5.74, 6) is -2.76. The molecule has 1 fully saturated rings. The van der Waals surface area contributed by atoms with Gasteiger partial charge >= 0.3 is 0 Å². The predicted molar refractivity (Wildman–Crippen MR) is 65.5 cm³/mol. The first-order valence-corrected chi connectivity index (χ1v) is 6.01. The van der Waals surface area contributed by atoms with Gasteiger partial charge in [-0.15, -0.1) is 0 Å². The summed E-state index contributed by atoms with van der Waals surface area (Å²) in [6, 6.07) is 6.88. The first-order valence-electron chi connectivity index (χ1n) is 6.01. The molecule has 1 heterocycles. The lowest BCUT2D eigenvalue weighted by Crippen LogP contribution is -2.29. The van der Waals surface area contributed by atoms with Gasteiger partial charge in [-0.3, -0.25) is 0 Å². The number of alkyl halides is 2. The number of rotatable bonds is 4. The number of benzene rings is 1. The molecule has 2 rings (SSSR count). The molecule has 0 saturated carbocycles. The maximum Gasteiger partial charge on any atom is 0.270 e. The fraction of sp³-hybridized carbons (Fsp3) is 0.538. The highest BCUT2D eigenvalue weighted by molar-refractivity contribution is 5.45. The zero-order valence-corrected chi connectivity index (χ0v) is 9.97. The summed E-state index contributed by atoms with van der Waals surface area (Å²) < 4.78 is 26.0. The lowest BCUT2D eigenvalue weighted by molar-refractivity contribution is 0.0175. The summed E-state index contributed by atoms with van der Waals surface area (Å²) in [5.41, 5.74) is 0.953. The molecule has 0 radical (unpaired) electrons. The van der Waals surface area contributed by atoms with Crippen molar-refractivity contribution < 1.29 is 8.78 Å². The molecule has 0 amide bonds. The van der Waals surface area contributed by atoms with Crippen molar-refractivity contribution in [3.05, 3.63) is 29.8 Å². The van der Waals surface area contributed by atoms with Gasteiger partial charge in [0.2, 0.25) is 0 Å². The van der Waals surface area contributed by atoms with Crippen LogP contribution in [0.1, 0.15) is 25.3 Å². The average molecular weight is 240 g/mol. The first-order chi connectivity index (χ1) is 8.05. The van der Waals surface area contributed by atoms with Crippen LogP contribution in [0.4, 0.5) is 14.5 Å². The van der Waals surface area contributed by atoms with Crippen LogP contribution < -0.4 is 10.6 Å². The van der Waals surface area contributed by atoms with Crippen LogP contribution in [0.25, 0.3) is 0 Å². The molecule has 0 bridgehead atoms. The molecule has 0 aromatic heterocycles. The molecule has 17 heavy (non-hydrogen) atoms. The van der Waals surface area contributed by atoms with Crippen molar-refractivity contribution in [3.8, 4) is 0 Å². The molecule has 0 aliphatic carbocycles. The average Bonchev–Trinajstić information content (AvgIpc) is 2.78. The Hall–Kier alpha value is -1.16. The second kappa shape index (κ2) is 5.00. The Labute approximate surface area is 100 Å². The molecule has 94 valence electrons. The first kappa shape index (κ1) is 12.3. The van der Waals surface area contributed by atoms with Crippen molar-refractivity contribution >= 4 is 5.69 Å². The van der Waals surface area contributed by atoms with Crippen molar-refractivity contribution in [3.63, 3.8) is 0 Å². The Kier molecular flexibility index (Phi) is 3.62. The van der Waals surface area contributed by atoms with Crippen LogP contribution in [0.15, 0.2) is 24.3 Å². The predicted octanol–water partition coefficient (Wildman–Crippen LogP) is 2.96. The Balaban J connectivity index is 1.89. The second-order valence-electron chi connectivity index (χ2n) is 4.64. The minimum Gasteiger partial charge on any atom is -0.383 e. The molecule has 2 N–H and O–H groups in total. The number of nitrogens with one attached hydrogen (secondary N) is 2. The van der Waals surface area contributed by atoms with Crippen LogP contribution in [-0.4, -0.2) is 19.1 Å². The van der Waals surface area contributed by atoms with Crippen LogP contribution in [-0.2, 0) is 5.92 Å². The van der Waals surface area contributed by atoms with E-state index in [2.05, 4.69) is 10.6 Å². The van der Waals surface area contributed by atoms with E-state index in [1.54, 1.807) is 12.1 Å². The van der Waals surface area contributed by atoms with Gasteiger partial charge in [-0.2, -0.15) is 0 Å². The van der Waals surface area contributed by atoms with E-state index in [-0.39, 0.29) is 5.56 Å². The third kappa shape index (κ3) is 3.40. The van der Waals surface area contributed by atoms with Gasteiger partial charge in [-0.05, 0) is 31.5 Å². The minimum absolute atomic E-state index is 0.0574. The zero-order valence-electron chi connectivity index (χ0n) is 9.97. The fourth-order valence-corrected chi connectivity index (χ4v) is 2.05. The highest BCUT2D eigenvalue weighted by Gasteiger charge is 2.23. The quantitative estimate of drug-likeness (QED) is 0.845. The third-order valence-corrected chi connectivity index (χ3v) is 3.11. The van der Waals surface area contributed by atoms with E-state index < -0.39 is 5.92 Å². The summed E-state index contributed by atoms with van der Waals surface area (Å²) in [6.07, 6.45) is 2.39. The van der Waals surface area contributed by atoms with Gasteiger partial charge in [0, 0.05) is 30.8 Å². The molecule has 0 spiro atoms. The maximum absolute atomic E-state index is 13.0. The van der Waals surface area contributed by atoms with Gasteiger partial charge in [0.25, 0.3) is 5.92 Å². The van der Waals surface area contributed by atoms with E-state index in [0.29, 0.717) is 6.04 Å². The van der Waals surface area contributed by atoms with Crippen LogP contribution in [0.5, 0.6) is 0 Å². The standard InChI is InChI=1S/C13H18F2N2/c1-13(14,15)10-4-6-11(7-5-10)17-9-12-3-2-8-16-12/h4-7,12,16-17H,2-3,8-9H2,1H3. The molecule has 1 aromatic carbocycles. The van der Waals surface area contributed by atoms with Crippen molar-refractivity contribution in [2.24, 2.45) is 0 Å². The molecule has 1 unspecified atom stereocenters. The Morgan fingerprint density at radius 2 is 2.06 bits per heavy atom. The van der Waals surface area contributed by atoms with E-state index in [1.165, 1.54) is 25.0 Å². The molecule has 1 atom stereocenters. The summed E-state index contributed by atoms with van der Waals surface area (Å²) in [5, 5.41) is 6.64. The van der Waals surface area contributed by atoms with E-state index in [4.69, 9.17) is 0 Å². The van der Waals surface area contributed by atoms with Crippen LogP contribution in [0.3, 0.4) is 0 Å². The number of anilines is 1. The van der Waals surface area contributed by atoms with Crippen LogP contribution >= 0.6 is 0 Å². The van der Waals surface area contributed by atoms with Gasteiger partial charge in [-0.25, -0.2) is 8.78 Å². The van der Waals surface area contributed by atoms with Crippen molar-refractivity contribution in [1.29, 1.82) is 0 Å². The molecule has 1 aliphatic rings. The lowest BCUT2D eigenvalue weighted by atomic mass is 10.1. The highest BCUT2D eigenvalue weighted by Crippen LogP contribution is 2.27. The van der Waals surface area contributed by atoms with Crippen LogP contribution in [0, 0.1) is 0 Å². The van der Waals surface area contributed by atoms with E-state index in [0.717, 1.165) is 25.7 Å². The Morgan fingerprint density at radius 3 is 2.59 bits per heavy atom. The van der Waals surface area contributed by atoms with Gasteiger partial charge < -0.3 is 10.6 Å². The topological polar surface area (TPSA) is 24.1 Å². The van der Waals surface area contributed by atoms with Gasteiger partial charge in [-0.1, -0.05) is 12.1 Å². The van der Waals surface area contributed by atoms with E-state index in [9.17, 15) is 8.78 Å². The molecule has 1 aromatic rings. The largest absolute Gasteiger partial charge is 0.383 e. The molecular formula is C13H18F2N2. The summed E-state index contributed by atoms with van der Waals surface area (Å²) in [7, 11) is 0. The van der Waals surface area contributed by atoms with Crippen molar-refractivity contribution in [2.75, 3.05) is 18.4 Å². The van der Waals surface area contributed by atoms with E-state index >= 15 is 0 Å². The molecular weight excluding hydrogens is 222 g/mol. The smallest absolute Gasteiger partial charge is 0.270 e. The molecule has 4 heteroatoms. The van der Waals surface area contributed by atoms with Crippen molar-refractivity contribution in [2.45, 2.75) is 31.7 Å². The number of hydrogen-bond donors (Lipinski definition) is 2. The minimum atomic E-state index is -2.76. The molecule has 2 nitrogen and oxygen atoms in total. The molecule has 1 aliphatic heterocycles. The highest BCUT2D eigenvalue weighted by atomic mass is 19.3. The summed E-state index contributed by atoms with van der Waals surface area (Å²) in [4.78, 5) is 0. The second-order valence-corrected chi connectivity index (χ2v) is 4.64.